The van der Waals surface area contributed by atoms with Crippen molar-refractivity contribution in [1.82, 2.24) is 0 Å². The number of rotatable bonds is 7. The van der Waals surface area contributed by atoms with Crippen molar-refractivity contribution in [2.24, 2.45) is 5.92 Å². The lowest BCUT2D eigenvalue weighted by Gasteiger charge is -2.15. The maximum absolute atomic E-state index is 11.4. The first kappa shape index (κ1) is 15.5. The van der Waals surface area contributed by atoms with E-state index in [2.05, 4.69) is 15.9 Å². The lowest BCUT2D eigenvalue weighted by Crippen LogP contribution is -2.17. The molecule has 2 atom stereocenters. The number of carboxylic acids is 1. The van der Waals surface area contributed by atoms with E-state index in [0.29, 0.717) is 12.5 Å². The van der Waals surface area contributed by atoms with Gasteiger partial charge in [-0.15, -0.1) is 0 Å². The van der Waals surface area contributed by atoms with E-state index < -0.39 is 5.97 Å². The van der Waals surface area contributed by atoms with Crippen molar-refractivity contribution < 1.29 is 14.6 Å². The highest BCUT2D eigenvalue weighted by Gasteiger charge is 2.21. The van der Waals surface area contributed by atoms with Gasteiger partial charge in [-0.3, -0.25) is 4.79 Å². The first-order valence-corrected chi connectivity index (χ1v) is 8.04. The Morgan fingerprint density at radius 1 is 1.45 bits per heavy atom. The first-order valence-electron chi connectivity index (χ1n) is 7.24. The summed E-state index contributed by atoms with van der Waals surface area (Å²) in [5, 5.41) is 9.37. The van der Waals surface area contributed by atoms with Gasteiger partial charge < -0.3 is 9.84 Å². The van der Waals surface area contributed by atoms with Gasteiger partial charge in [-0.1, -0.05) is 40.5 Å². The van der Waals surface area contributed by atoms with Crippen molar-refractivity contribution in [1.29, 1.82) is 0 Å². The van der Waals surface area contributed by atoms with Gasteiger partial charge in [0.2, 0.25) is 0 Å². The summed E-state index contributed by atoms with van der Waals surface area (Å²) in [6.45, 7) is 0.865. The van der Waals surface area contributed by atoms with Gasteiger partial charge in [0.05, 0.1) is 12.0 Å². The number of hydrogen-bond acceptors (Lipinski definition) is 2. The highest BCUT2D eigenvalue weighted by atomic mass is 79.9. The Morgan fingerprint density at radius 3 is 2.90 bits per heavy atom. The van der Waals surface area contributed by atoms with Gasteiger partial charge in [0.25, 0.3) is 0 Å². The Hall–Kier alpha value is -0.870. The fraction of sp³-hybridized carbons (Fsp3) is 0.562. The van der Waals surface area contributed by atoms with Gasteiger partial charge in [0, 0.05) is 11.1 Å². The van der Waals surface area contributed by atoms with E-state index in [4.69, 9.17) is 4.74 Å². The topological polar surface area (TPSA) is 46.5 Å². The van der Waals surface area contributed by atoms with E-state index in [0.717, 1.165) is 48.7 Å². The highest BCUT2D eigenvalue weighted by Crippen LogP contribution is 2.24. The summed E-state index contributed by atoms with van der Waals surface area (Å²) in [7, 11) is 0. The summed E-state index contributed by atoms with van der Waals surface area (Å²) in [6.07, 6.45) is 5.84. The highest BCUT2D eigenvalue weighted by molar-refractivity contribution is 9.10. The third kappa shape index (κ3) is 4.60. The molecule has 1 heterocycles. The van der Waals surface area contributed by atoms with Crippen LogP contribution in [0.5, 0.6) is 0 Å². The summed E-state index contributed by atoms with van der Waals surface area (Å²) in [5.41, 5.74) is 1.07. The SMILES string of the molecule is O=C(O)C(CCCC1CCCO1)Cc1ccccc1Br. The first-order chi connectivity index (χ1) is 9.66. The Labute approximate surface area is 128 Å². The van der Waals surface area contributed by atoms with E-state index in [9.17, 15) is 9.90 Å². The molecule has 1 saturated heterocycles. The van der Waals surface area contributed by atoms with Crippen molar-refractivity contribution in [2.75, 3.05) is 6.61 Å². The molecule has 1 aromatic rings. The lowest BCUT2D eigenvalue weighted by molar-refractivity contribution is -0.142. The van der Waals surface area contributed by atoms with Crippen molar-refractivity contribution in [3.63, 3.8) is 0 Å². The predicted molar refractivity (Wildman–Crippen MR) is 81.8 cm³/mol. The Morgan fingerprint density at radius 2 is 2.25 bits per heavy atom. The molecule has 1 aliphatic rings. The summed E-state index contributed by atoms with van der Waals surface area (Å²) >= 11 is 3.48. The molecule has 3 nitrogen and oxygen atoms in total. The van der Waals surface area contributed by atoms with E-state index in [-0.39, 0.29) is 5.92 Å². The van der Waals surface area contributed by atoms with Crippen LogP contribution in [0.3, 0.4) is 0 Å². The summed E-state index contributed by atoms with van der Waals surface area (Å²) < 4.78 is 6.57. The minimum absolute atomic E-state index is 0.310. The molecule has 0 aromatic heterocycles. The number of carboxylic acid groups (broad SMARTS) is 1. The van der Waals surface area contributed by atoms with E-state index in [1.165, 1.54) is 0 Å². The van der Waals surface area contributed by atoms with E-state index in [1.807, 2.05) is 24.3 Å². The molecule has 1 aromatic carbocycles. The van der Waals surface area contributed by atoms with Crippen LogP contribution in [0.2, 0.25) is 0 Å². The third-order valence-corrected chi connectivity index (χ3v) is 4.65. The molecule has 0 bridgehead atoms. The summed E-state index contributed by atoms with van der Waals surface area (Å²) in [4.78, 5) is 11.4. The van der Waals surface area contributed by atoms with Gasteiger partial charge in [0.15, 0.2) is 0 Å². The van der Waals surface area contributed by atoms with Crippen molar-refractivity contribution in [2.45, 2.75) is 44.6 Å². The van der Waals surface area contributed by atoms with Crippen molar-refractivity contribution >= 4 is 21.9 Å². The zero-order valence-electron chi connectivity index (χ0n) is 11.6. The second-order valence-corrected chi connectivity index (χ2v) is 6.25. The lowest BCUT2D eigenvalue weighted by atomic mass is 9.93. The van der Waals surface area contributed by atoms with Crippen LogP contribution in [-0.4, -0.2) is 23.8 Å². The predicted octanol–water partition coefficient (Wildman–Crippen LogP) is 4.04. The number of carbonyl (C=O) groups is 1. The molecular formula is C16H21BrO3. The van der Waals surface area contributed by atoms with Crippen molar-refractivity contribution in [3.8, 4) is 0 Å². The molecule has 0 saturated carbocycles. The van der Waals surface area contributed by atoms with Gasteiger partial charge in [-0.05, 0) is 43.7 Å². The van der Waals surface area contributed by atoms with E-state index >= 15 is 0 Å². The normalized spacial score (nSPS) is 19.9. The van der Waals surface area contributed by atoms with Crippen LogP contribution < -0.4 is 0 Å². The molecule has 110 valence electrons. The molecule has 1 aliphatic heterocycles. The molecule has 20 heavy (non-hydrogen) atoms. The molecule has 1 N–H and O–H groups in total. The molecule has 0 spiro atoms. The van der Waals surface area contributed by atoms with Gasteiger partial charge >= 0.3 is 5.97 Å². The number of aliphatic carboxylic acids is 1. The second-order valence-electron chi connectivity index (χ2n) is 5.40. The maximum atomic E-state index is 11.4. The molecule has 0 amide bonds. The van der Waals surface area contributed by atoms with Crippen LogP contribution in [0, 0.1) is 5.92 Å². The molecule has 1 fully saturated rings. The number of hydrogen-bond donors (Lipinski definition) is 1. The molecule has 2 unspecified atom stereocenters. The number of ether oxygens (including phenoxy) is 1. The molecule has 0 radical (unpaired) electrons. The van der Waals surface area contributed by atoms with Gasteiger partial charge in [-0.25, -0.2) is 0 Å². The van der Waals surface area contributed by atoms with Crippen LogP contribution in [-0.2, 0) is 16.0 Å². The van der Waals surface area contributed by atoms with Crippen LogP contribution in [0.1, 0.15) is 37.7 Å². The van der Waals surface area contributed by atoms with Crippen molar-refractivity contribution in [3.05, 3.63) is 34.3 Å². The minimum atomic E-state index is -0.701. The van der Waals surface area contributed by atoms with Gasteiger partial charge in [0.1, 0.15) is 0 Å². The van der Waals surface area contributed by atoms with Crippen LogP contribution >= 0.6 is 15.9 Å². The smallest absolute Gasteiger partial charge is 0.306 e. The number of halogens is 1. The Balaban J connectivity index is 1.84. The van der Waals surface area contributed by atoms with Crippen LogP contribution in [0.25, 0.3) is 0 Å². The Bertz CT molecular complexity index is 441. The quantitative estimate of drug-likeness (QED) is 0.814. The Kier molecular flexibility index (Phi) is 6.05. The number of benzene rings is 1. The van der Waals surface area contributed by atoms with Crippen LogP contribution in [0.15, 0.2) is 28.7 Å². The fourth-order valence-electron chi connectivity index (χ4n) is 2.71. The second kappa shape index (κ2) is 7.79. The monoisotopic (exact) mass is 340 g/mol. The standard InChI is InChI=1S/C16H21BrO3/c17-15-9-2-1-5-12(15)11-13(16(18)19)6-3-7-14-8-4-10-20-14/h1-2,5,9,13-14H,3-4,6-8,10-11H2,(H,18,19). The fourth-order valence-corrected chi connectivity index (χ4v) is 3.15. The third-order valence-electron chi connectivity index (χ3n) is 3.88. The van der Waals surface area contributed by atoms with Crippen LogP contribution in [0.4, 0.5) is 0 Å². The van der Waals surface area contributed by atoms with Gasteiger partial charge in [-0.2, -0.15) is 0 Å². The molecular weight excluding hydrogens is 320 g/mol. The molecule has 0 aliphatic carbocycles. The average molecular weight is 341 g/mol. The average Bonchev–Trinajstić information content (AvgIpc) is 2.93. The maximum Gasteiger partial charge on any atom is 0.306 e. The zero-order chi connectivity index (χ0) is 14.4. The summed E-state index contributed by atoms with van der Waals surface area (Å²) in [5.74, 6) is -1.01. The zero-order valence-corrected chi connectivity index (χ0v) is 13.1. The van der Waals surface area contributed by atoms with E-state index in [1.54, 1.807) is 0 Å². The molecule has 4 heteroatoms. The molecule has 2 rings (SSSR count). The largest absolute Gasteiger partial charge is 0.481 e. The minimum Gasteiger partial charge on any atom is -0.481 e. The summed E-state index contributed by atoms with van der Waals surface area (Å²) in [6, 6.07) is 7.84.